The molecule has 2 bridgehead atoms. The molecule has 4 aliphatic heterocycles. The first-order chi connectivity index (χ1) is 11.4. The van der Waals surface area contributed by atoms with Crippen LogP contribution in [0.5, 0.6) is 0 Å². The summed E-state index contributed by atoms with van der Waals surface area (Å²) in [6.07, 6.45) is 5.35. The lowest BCUT2D eigenvalue weighted by molar-refractivity contribution is -0.546. The second kappa shape index (κ2) is 5.68. The van der Waals surface area contributed by atoms with E-state index in [1.807, 2.05) is 11.8 Å². The van der Waals surface area contributed by atoms with Crippen LogP contribution in [0.25, 0.3) is 0 Å². The third-order valence-electron chi connectivity index (χ3n) is 6.87. The van der Waals surface area contributed by atoms with Gasteiger partial charge in [0.15, 0.2) is 11.8 Å². The smallest absolute Gasteiger partial charge is 0.225 e. The number of hydrogen-bond acceptors (Lipinski definition) is 4. The summed E-state index contributed by atoms with van der Waals surface area (Å²) in [5.74, 6) is 1.26. The summed E-state index contributed by atoms with van der Waals surface area (Å²) >= 11 is 0. The van der Waals surface area contributed by atoms with E-state index in [4.69, 9.17) is 14.5 Å². The van der Waals surface area contributed by atoms with Crippen molar-refractivity contribution in [2.24, 2.45) is 23.7 Å². The Kier molecular flexibility index (Phi) is 3.98. The van der Waals surface area contributed by atoms with Gasteiger partial charge in [0.05, 0.1) is 0 Å². The SMILES string of the molecule is CC(C)CCN1C(=O)C[C@@H]2CC[C@@H](C)[C@@H]3CC[C@@]4(C)OO[C@@]23[C@H]1O4. The summed E-state index contributed by atoms with van der Waals surface area (Å²) in [4.78, 5) is 26.8. The average Bonchev–Trinajstić information content (AvgIpc) is 2.75. The van der Waals surface area contributed by atoms with E-state index < -0.39 is 11.4 Å². The van der Waals surface area contributed by atoms with Crippen LogP contribution in [0.15, 0.2) is 0 Å². The van der Waals surface area contributed by atoms with Gasteiger partial charge >= 0.3 is 0 Å². The molecule has 5 heteroatoms. The summed E-state index contributed by atoms with van der Waals surface area (Å²) in [6, 6.07) is 0. The van der Waals surface area contributed by atoms with E-state index in [1.54, 1.807) is 0 Å². The van der Waals surface area contributed by atoms with Crippen molar-refractivity contribution in [2.75, 3.05) is 6.54 Å². The molecule has 4 saturated heterocycles. The number of likely N-dealkylation sites (tertiary alicyclic amines) is 1. The minimum atomic E-state index is -0.731. The van der Waals surface area contributed by atoms with Gasteiger partial charge in [-0.15, -0.1) is 0 Å². The van der Waals surface area contributed by atoms with Crippen LogP contribution in [-0.2, 0) is 19.3 Å². The number of fused-ring (bicyclic) bond motifs is 2. The standard InChI is InChI=1S/C19H31NO4/c1-12(2)8-10-20-16(21)11-14-6-5-13(3)15-7-9-18(4)22-17(20)19(14,15)24-23-18/h12-15,17H,5-11H2,1-4H3/t13-,14+,15+,17-,18-,19+/m1/s1. The molecule has 0 radical (unpaired) electrons. The predicted molar refractivity (Wildman–Crippen MR) is 88.6 cm³/mol. The highest BCUT2D eigenvalue weighted by molar-refractivity contribution is 5.78. The van der Waals surface area contributed by atoms with Gasteiger partial charge in [0.2, 0.25) is 11.7 Å². The Morgan fingerprint density at radius 2 is 2.04 bits per heavy atom. The minimum absolute atomic E-state index is 0.217. The summed E-state index contributed by atoms with van der Waals surface area (Å²) in [5, 5.41) is 0. The first-order valence-electron chi connectivity index (χ1n) is 9.70. The lowest BCUT2D eigenvalue weighted by atomic mass is 9.59. The first-order valence-corrected chi connectivity index (χ1v) is 9.70. The second-order valence-corrected chi connectivity index (χ2v) is 8.99. The van der Waals surface area contributed by atoms with Crippen molar-refractivity contribution in [3.05, 3.63) is 0 Å². The number of rotatable bonds is 3. The van der Waals surface area contributed by atoms with Crippen LogP contribution in [0.1, 0.15) is 66.2 Å². The fourth-order valence-corrected chi connectivity index (χ4v) is 5.40. The van der Waals surface area contributed by atoms with Gasteiger partial charge in [-0.3, -0.25) is 4.79 Å². The number of amides is 1. The molecule has 0 aromatic rings. The molecule has 0 unspecified atom stereocenters. The molecule has 5 rings (SSSR count). The molecule has 0 aromatic heterocycles. The Hall–Kier alpha value is -0.650. The molecular weight excluding hydrogens is 306 g/mol. The minimum Gasteiger partial charge on any atom is -0.321 e. The van der Waals surface area contributed by atoms with Gasteiger partial charge in [-0.05, 0) is 50.4 Å². The maximum Gasteiger partial charge on any atom is 0.225 e. The van der Waals surface area contributed by atoms with Crippen molar-refractivity contribution in [3.63, 3.8) is 0 Å². The largest absolute Gasteiger partial charge is 0.321 e. The summed E-state index contributed by atoms with van der Waals surface area (Å²) < 4.78 is 6.45. The van der Waals surface area contributed by atoms with Gasteiger partial charge < -0.3 is 9.64 Å². The molecule has 24 heavy (non-hydrogen) atoms. The third kappa shape index (κ3) is 2.35. The molecule has 1 spiro atoms. The zero-order valence-corrected chi connectivity index (χ0v) is 15.4. The number of ether oxygens (including phenoxy) is 1. The maximum absolute atomic E-state index is 12.9. The Morgan fingerprint density at radius 1 is 1.25 bits per heavy atom. The second-order valence-electron chi connectivity index (χ2n) is 8.99. The van der Waals surface area contributed by atoms with Gasteiger partial charge in [-0.1, -0.05) is 20.8 Å². The van der Waals surface area contributed by atoms with E-state index in [0.29, 0.717) is 24.2 Å². The summed E-state index contributed by atoms with van der Waals surface area (Å²) in [7, 11) is 0. The fourth-order valence-electron chi connectivity index (χ4n) is 5.40. The van der Waals surface area contributed by atoms with Crippen LogP contribution in [0.4, 0.5) is 0 Å². The maximum atomic E-state index is 12.9. The Bertz CT molecular complexity index is 519. The molecule has 5 aliphatic rings. The van der Waals surface area contributed by atoms with Crippen molar-refractivity contribution in [2.45, 2.75) is 83.8 Å². The number of carbonyl (C=O) groups is 1. The van der Waals surface area contributed by atoms with Crippen LogP contribution in [-0.4, -0.2) is 35.0 Å². The van der Waals surface area contributed by atoms with Crippen LogP contribution >= 0.6 is 0 Å². The lowest BCUT2D eigenvalue weighted by Gasteiger charge is -2.60. The van der Waals surface area contributed by atoms with E-state index in [9.17, 15) is 4.79 Å². The van der Waals surface area contributed by atoms with Crippen molar-refractivity contribution < 1.29 is 19.3 Å². The van der Waals surface area contributed by atoms with E-state index in [2.05, 4.69) is 20.8 Å². The topological polar surface area (TPSA) is 48.0 Å². The van der Waals surface area contributed by atoms with E-state index in [1.165, 1.54) is 6.42 Å². The molecule has 1 aliphatic carbocycles. The normalized spacial score (nSPS) is 47.7. The molecule has 1 amide bonds. The molecule has 6 atom stereocenters. The third-order valence-corrected chi connectivity index (χ3v) is 6.87. The molecule has 136 valence electrons. The van der Waals surface area contributed by atoms with E-state index >= 15 is 0 Å². The molecule has 0 aromatic carbocycles. The van der Waals surface area contributed by atoms with E-state index in [0.717, 1.165) is 32.2 Å². The fraction of sp³-hybridized carbons (Fsp3) is 0.947. The highest BCUT2D eigenvalue weighted by atomic mass is 17.3. The lowest BCUT2D eigenvalue weighted by Crippen LogP contribution is -2.73. The van der Waals surface area contributed by atoms with Crippen LogP contribution in [0.2, 0.25) is 0 Å². The number of carbonyl (C=O) groups excluding carboxylic acids is 1. The summed E-state index contributed by atoms with van der Waals surface area (Å²) in [6.45, 7) is 9.42. The zero-order chi connectivity index (χ0) is 17.1. The predicted octanol–water partition coefficient (Wildman–Crippen LogP) is 3.48. The van der Waals surface area contributed by atoms with Crippen LogP contribution in [0, 0.1) is 23.7 Å². The molecule has 1 saturated carbocycles. The van der Waals surface area contributed by atoms with Crippen molar-refractivity contribution in [1.29, 1.82) is 0 Å². The Morgan fingerprint density at radius 3 is 2.79 bits per heavy atom. The zero-order valence-electron chi connectivity index (χ0n) is 15.4. The van der Waals surface area contributed by atoms with Crippen molar-refractivity contribution >= 4 is 5.91 Å². The monoisotopic (exact) mass is 337 g/mol. The Balaban J connectivity index is 1.74. The first kappa shape index (κ1) is 16.8. The highest BCUT2D eigenvalue weighted by Crippen LogP contribution is 2.59. The van der Waals surface area contributed by atoms with Gasteiger partial charge in [-0.25, -0.2) is 9.78 Å². The van der Waals surface area contributed by atoms with Crippen LogP contribution < -0.4 is 0 Å². The number of piperidine rings is 1. The summed E-state index contributed by atoms with van der Waals surface area (Å²) in [5.41, 5.74) is -0.474. The highest BCUT2D eigenvalue weighted by Gasteiger charge is 2.68. The Labute approximate surface area is 144 Å². The number of nitrogens with zero attached hydrogens (tertiary/aromatic N) is 1. The number of hydrogen-bond donors (Lipinski definition) is 0. The molecule has 5 nitrogen and oxygen atoms in total. The van der Waals surface area contributed by atoms with Gasteiger partial charge in [0.25, 0.3) is 0 Å². The van der Waals surface area contributed by atoms with Crippen LogP contribution in [0.3, 0.4) is 0 Å². The average molecular weight is 337 g/mol. The van der Waals surface area contributed by atoms with Gasteiger partial charge in [0.1, 0.15) is 0 Å². The molecular formula is C19H31NO4. The van der Waals surface area contributed by atoms with E-state index in [-0.39, 0.29) is 18.1 Å². The van der Waals surface area contributed by atoms with Gasteiger partial charge in [-0.2, -0.15) is 0 Å². The molecule has 4 heterocycles. The quantitative estimate of drug-likeness (QED) is 0.740. The van der Waals surface area contributed by atoms with Gasteiger partial charge in [0, 0.05) is 25.3 Å². The van der Waals surface area contributed by atoms with Crippen molar-refractivity contribution in [1.82, 2.24) is 4.90 Å². The molecule has 0 N–H and O–H groups in total. The van der Waals surface area contributed by atoms with Crippen molar-refractivity contribution in [3.8, 4) is 0 Å². The molecule has 5 fully saturated rings.